The molecule has 1 atom stereocenters. The second-order valence-corrected chi connectivity index (χ2v) is 7.31. The molecule has 1 aliphatic heterocycles. The molecular formula is C23H25N3O5. The summed E-state index contributed by atoms with van der Waals surface area (Å²) in [5.41, 5.74) is 1.29. The number of piperidine rings is 1. The van der Waals surface area contributed by atoms with E-state index in [9.17, 15) is 4.79 Å². The van der Waals surface area contributed by atoms with Crippen LogP contribution in [0.5, 0.6) is 11.5 Å². The number of pyridine rings is 1. The van der Waals surface area contributed by atoms with Crippen molar-refractivity contribution in [3.05, 3.63) is 71.9 Å². The van der Waals surface area contributed by atoms with Crippen LogP contribution in [0.4, 0.5) is 0 Å². The molecule has 162 valence electrons. The van der Waals surface area contributed by atoms with Crippen LogP contribution in [0, 0.1) is 0 Å². The minimum absolute atomic E-state index is 0.0156. The molecule has 0 radical (unpaired) electrons. The van der Waals surface area contributed by atoms with Gasteiger partial charge in [0.1, 0.15) is 6.61 Å². The molecule has 2 aromatic heterocycles. The average molecular weight is 423 g/mol. The van der Waals surface area contributed by atoms with Crippen molar-refractivity contribution in [2.24, 2.45) is 0 Å². The van der Waals surface area contributed by atoms with Crippen molar-refractivity contribution in [3.8, 4) is 11.5 Å². The van der Waals surface area contributed by atoms with Gasteiger partial charge < -0.3 is 23.6 Å². The summed E-state index contributed by atoms with van der Waals surface area (Å²) >= 11 is 0. The van der Waals surface area contributed by atoms with E-state index in [2.05, 4.69) is 10.1 Å². The number of benzene rings is 1. The molecule has 1 saturated heterocycles. The highest BCUT2D eigenvalue weighted by atomic mass is 16.5. The third kappa shape index (κ3) is 5.40. The second-order valence-electron chi connectivity index (χ2n) is 7.31. The summed E-state index contributed by atoms with van der Waals surface area (Å²) in [6.45, 7) is 1.83. The van der Waals surface area contributed by atoms with Crippen LogP contribution in [0.2, 0.25) is 0 Å². The molecule has 3 heterocycles. The molecule has 0 unspecified atom stereocenters. The SMILES string of the molecule is COc1ccccc1OCc1cc(C(=O)N2CCC[C@@H](OCc3cccnc3)C2)no1. The summed E-state index contributed by atoms with van der Waals surface area (Å²) in [5, 5.41) is 3.94. The Morgan fingerprint density at radius 3 is 2.87 bits per heavy atom. The van der Waals surface area contributed by atoms with Crippen LogP contribution in [0.1, 0.15) is 34.7 Å². The van der Waals surface area contributed by atoms with Crippen molar-refractivity contribution in [3.63, 3.8) is 0 Å². The fourth-order valence-corrected chi connectivity index (χ4v) is 3.49. The molecule has 1 aromatic carbocycles. The van der Waals surface area contributed by atoms with E-state index in [1.165, 1.54) is 0 Å². The maximum Gasteiger partial charge on any atom is 0.276 e. The van der Waals surface area contributed by atoms with Crippen molar-refractivity contribution < 1.29 is 23.5 Å². The highest BCUT2D eigenvalue weighted by Gasteiger charge is 2.27. The fraction of sp³-hybridized carbons (Fsp3) is 0.348. The Bertz CT molecular complexity index is 992. The molecule has 0 aliphatic carbocycles. The molecule has 0 spiro atoms. The number of carbonyl (C=O) groups excluding carboxylic acids is 1. The van der Waals surface area contributed by atoms with E-state index in [1.54, 1.807) is 36.5 Å². The van der Waals surface area contributed by atoms with E-state index in [4.69, 9.17) is 18.7 Å². The summed E-state index contributed by atoms with van der Waals surface area (Å²) in [5.74, 6) is 1.53. The molecule has 1 aliphatic rings. The lowest BCUT2D eigenvalue weighted by Gasteiger charge is -2.32. The Hall–Kier alpha value is -3.39. The average Bonchev–Trinajstić information content (AvgIpc) is 3.31. The monoisotopic (exact) mass is 423 g/mol. The lowest BCUT2D eigenvalue weighted by Crippen LogP contribution is -2.43. The van der Waals surface area contributed by atoms with Gasteiger partial charge in [-0.1, -0.05) is 23.4 Å². The number of likely N-dealkylation sites (tertiary alicyclic amines) is 1. The normalized spacial score (nSPS) is 16.2. The Balaban J connectivity index is 1.31. The third-order valence-corrected chi connectivity index (χ3v) is 5.09. The van der Waals surface area contributed by atoms with Gasteiger partial charge in [-0.05, 0) is 36.6 Å². The number of methoxy groups -OCH3 is 1. The summed E-state index contributed by atoms with van der Waals surface area (Å²) in [7, 11) is 1.58. The van der Waals surface area contributed by atoms with Gasteiger partial charge in [0.25, 0.3) is 5.91 Å². The van der Waals surface area contributed by atoms with E-state index in [-0.39, 0.29) is 24.3 Å². The van der Waals surface area contributed by atoms with Crippen molar-refractivity contribution >= 4 is 5.91 Å². The first-order chi connectivity index (χ1) is 15.2. The van der Waals surface area contributed by atoms with Crippen LogP contribution in [-0.4, -0.2) is 47.3 Å². The minimum atomic E-state index is -0.165. The molecule has 3 aromatic rings. The fourth-order valence-electron chi connectivity index (χ4n) is 3.49. The number of carbonyl (C=O) groups is 1. The summed E-state index contributed by atoms with van der Waals surface area (Å²) in [4.78, 5) is 18.7. The summed E-state index contributed by atoms with van der Waals surface area (Å²) in [6.07, 6.45) is 5.30. The first-order valence-corrected chi connectivity index (χ1v) is 10.2. The number of aromatic nitrogens is 2. The van der Waals surface area contributed by atoms with E-state index in [0.717, 1.165) is 18.4 Å². The number of hydrogen-bond donors (Lipinski definition) is 0. The van der Waals surface area contributed by atoms with Gasteiger partial charge in [-0.15, -0.1) is 0 Å². The lowest BCUT2D eigenvalue weighted by atomic mass is 10.1. The molecule has 1 fully saturated rings. The number of hydrogen-bond acceptors (Lipinski definition) is 7. The first kappa shape index (κ1) is 20.9. The van der Waals surface area contributed by atoms with E-state index in [1.807, 2.05) is 30.3 Å². The lowest BCUT2D eigenvalue weighted by molar-refractivity contribution is -0.00707. The molecule has 31 heavy (non-hydrogen) atoms. The van der Waals surface area contributed by atoms with Gasteiger partial charge in [0.05, 0.1) is 19.8 Å². The van der Waals surface area contributed by atoms with Crippen LogP contribution in [-0.2, 0) is 18.0 Å². The van der Waals surface area contributed by atoms with Gasteiger partial charge >= 0.3 is 0 Å². The Labute approximate surface area is 180 Å². The van der Waals surface area contributed by atoms with Gasteiger partial charge in [0, 0.05) is 31.5 Å². The standard InChI is InChI=1S/C23H25N3O5/c1-28-21-8-2-3-9-22(21)30-16-19-12-20(25-31-19)23(27)26-11-5-7-18(14-26)29-15-17-6-4-10-24-13-17/h2-4,6,8-10,12-13,18H,5,7,11,14-16H2,1H3/t18-/m1/s1. The molecule has 1 amide bonds. The zero-order valence-electron chi connectivity index (χ0n) is 17.4. The maximum atomic E-state index is 12.9. The molecule has 0 saturated carbocycles. The highest BCUT2D eigenvalue weighted by Crippen LogP contribution is 2.27. The zero-order valence-corrected chi connectivity index (χ0v) is 17.4. The predicted octanol–water partition coefficient (Wildman–Crippen LogP) is 3.48. The second kappa shape index (κ2) is 10.1. The molecular weight excluding hydrogens is 398 g/mol. The van der Waals surface area contributed by atoms with Crippen LogP contribution in [0.25, 0.3) is 0 Å². The summed E-state index contributed by atoms with van der Waals surface area (Å²) < 4.78 is 22.3. The predicted molar refractivity (Wildman–Crippen MR) is 112 cm³/mol. The van der Waals surface area contributed by atoms with Gasteiger partial charge in [0.2, 0.25) is 0 Å². The minimum Gasteiger partial charge on any atom is -0.493 e. The topological polar surface area (TPSA) is 86.9 Å². The van der Waals surface area contributed by atoms with E-state index < -0.39 is 0 Å². The van der Waals surface area contributed by atoms with Crippen molar-refractivity contribution in [2.75, 3.05) is 20.2 Å². The maximum absolute atomic E-state index is 12.9. The quantitative estimate of drug-likeness (QED) is 0.548. The largest absolute Gasteiger partial charge is 0.493 e. The van der Waals surface area contributed by atoms with Gasteiger partial charge in [0.15, 0.2) is 23.0 Å². The van der Waals surface area contributed by atoms with Crippen molar-refractivity contribution in [1.82, 2.24) is 15.0 Å². The third-order valence-electron chi connectivity index (χ3n) is 5.09. The number of ether oxygens (including phenoxy) is 3. The Kier molecular flexibility index (Phi) is 6.78. The highest BCUT2D eigenvalue weighted by molar-refractivity contribution is 5.92. The van der Waals surface area contributed by atoms with Crippen molar-refractivity contribution in [2.45, 2.75) is 32.2 Å². The Morgan fingerprint density at radius 1 is 1.19 bits per heavy atom. The Morgan fingerprint density at radius 2 is 2.06 bits per heavy atom. The van der Waals surface area contributed by atoms with Crippen LogP contribution >= 0.6 is 0 Å². The van der Waals surface area contributed by atoms with E-state index >= 15 is 0 Å². The van der Waals surface area contributed by atoms with Crippen LogP contribution in [0.3, 0.4) is 0 Å². The molecule has 8 heteroatoms. The molecule has 4 rings (SSSR count). The zero-order chi connectivity index (χ0) is 21.5. The number of nitrogens with zero attached hydrogens (tertiary/aromatic N) is 3. The molecule has 0 N–H and O–H groups in total. The van der Waals surface area contributed by atoms with Crippen molar-refractivity contribution in [1.29, 1.82) is 0 Å². The van der Waals surface area contributed by atoms with E-state index in [0.29, 0.717) is 37.0 Å². The number of amides is 1. The smallest absolute Gasteiger partial charge is 0.276 e. The van der Waals surface area contributed by atoms with Crippen LogP contribution in [0.15, 0.2) is 59.4 Å². The van der Waals surface area contributed by atoms with Gasteiger partial charge in [-0.2, -0.15) is 0 Å². The summed E-state index contributed by atoms with van der Waals surface area (Å²) in [6, 6.07) is 12.8. The van der Waals surface area contributed by atoms with Gasteiger partial charge in [-0.3, -0.25) is 9.78 Å². The number of rotatable bonds is 8. The molecule has 0 bridgehead atoms. The van der Waals surface area contributed by atoms with Gasteiger partial charge in [-0.25, -0.2) is 0 Å². The van der Waals surface area contributed by atoms with Crippen LogP contribution < -0.4 is 9.47 Å². The molecule has 8 nitrogen and oxygen atoms in total. The number of para-hydroxylation sites is 2. The first-order valence-electron chi connectivity index (χ1n) is 10.2.